The fourth-order valence-electron chi connectivity index (χ4n) is 1.68. The van der Waals surface area contributed by atoms with Gasteiger partial charge in [-0.15, -0.1) is 0 Å². The van der Waals surface area contributed by atoms with E-state index in [0.717, 1.165) is 12.8 Å². The Morgan fingerprint density at radius 2 is 1.95 bits per heavy atom. The summed E-state index contributed by atoms with van der Waals surface area (Å²) in [5.41, 5.74) is 0.671. The maximum absolute atomic E-state index is 12.1. The standard InChI is InChI=1S/C13H21ClN2O3S/c1-3-4-9-16(2)20(18,19)15-13(10-17)11-5-7-12(14)8-6-11/h5-8,13,15,17H,3-4,9-10H2,1-2H3. The van der Waals surface area contributed by atoms with E-state index >= 15 is 0 Å². The molecule has 0 saturated heterocycles. The Kier molecular flexibility index (Phi) is 6.91. The first kappa shape index (κ1) is 17.4. The number of aliphatic hydroxyl groups excluding tert-OH is 1. The van der Waals surface area contributed by atoms with E-state index in [1.54, 1.807) is 24.3 Å². The van der Waals surface area contributed by atoms with Crippen LogP contribution in [0.25, 0.3) is 0 Å². The first-order valence-electron chi connectivity index (χ1n) is 6.50. The van der Waals surface area contributed by atoms with Crippen LogP contribution in [0, 0.1) is 0 Å². The summed E-state index contributed by atoms with van der Waals surface area (Å²) in [6, 6.07) is 6.03. The van der Waals surface area contributed by atoms with E-state index in [1.807, 2.05) is 6.92 Å². The van der Waals surface area contributed by atoms with Gasteiger partial charge in [-0.05, 0) is 24.1 Å². The lowest BCUT2D eigenvalue weighted by Crippen LogP contribution is -2.41. The van der Waals surface area contributed by atoms with Crippen LogP contribution in [0.2, 0.25) is 5.02 Å². The zero-order valence-corrected chi connectivity index (χ0v) is 13.3. The van der Waals surface area contributed by atoms with Crippen LogP contribution in [0.1, 0.15) is 31.4 Å². The third-order valence-corrected chi connectivity index (χ3v) is 4.82. The van der Waals surface area contributed by atoms with Gasteiger partial charge in [-0.1, -0.05) is 37.1 Å². The molecule has 0 aliphatic heterocycles. The number of aliphatic hydroxyl groups is 1. The number of hydrogen-bond acceptors (Lipinski definition) is 3. The average molecular weight is 321 g/mol. The predicted molar refractivity (Wildman–Crippen MR) is 80.9 cm³/mol. The first-order valence-corrected chi connectivity index (χ1v) is 8.32. The van der Waals surface area contributed by atoms with Gasteiger partial charge < -0.3 is 5.11 Å². The monoisotopic (exact) mass is 320 g/mol. The average Bonchev–Trinajstić information content (AvgIpc) is 2.43. The Morgan fingerprint density at radius 3 is 2.45 bits per heavy atom. The maximum atomic E-state index is 12.1. The van der Waals surface area contributed by atoms with Gasteiger partial charge in [0.25, 0.3) is 10.2 Å². The van der Waals surface area contributed by atoms with Gasteiger partial charge in [0, 0.05) is 18.6 Å². The summed E-state index contributed by atoms with van der Waals surface area (Å²) in [5.74, 6) is 0. The lowest BCUT2D eigenvalue weighted by atomic mass is 10.1. The molecule has 5 nitrogen and oxygen atoms in total. The van der Waals surface area contributed by atoms with Crippen LogP contribution in [-0.4, -0.2) is 38.0 Å². The summed E-state index contributed by atoms with van der Waals surface area (Å²) in [4.78, 5) is 0. The topological polar surface area (TPSA) is 69.6 Å². The molecule has 0 radical (unpaired) electrons. The van der Waals surface area contributed by atoms with E-state index in [-0.39, 0.29) is 6.61 Å². The van der Waals surface area contributed by atoms with Crippen molar-refractivity contribution in [2.24, 2.45) is 0 Å². The van der Waals surface area contributed by atoms with Gasteiger partial charge in [0.05, 0.1) is 12.6 Å². The van der Waals surface area contributed by atoms with Gasteiger partial charge in [-0.25, -0.2) is 0 Å². The number of unbranched alkanes of at least 4 members (excludes halogenated alkanes) is 1. The van der Waals surface area contributed by atoms with Gasteiger partial charge in [0.2, 0.25) is 0 Å². The molecule has 0 bridgehead atoms. The van der Waals surface area contributed by atoms with Gasteiger partial charge >= 0.3 is 0 Å². The Bertz CT molecular complexity index is 505. The Morgan fingerprint density at radius 1 is 1.35 bits per heavy atom. The summed E-state index contributed by atoms with van der Waals surface area (Å²) >= 11 is 5.79. The highest BCUT2D eigenvalue weighted by Crippen LogP contribution is 2.17. The van der Waals surface area contributed by atoms with Gasteiger partial charge in [-0.3, -0.25) is 0 Å². The second-order valence-electron chi connectivity index (χ2n) is 4.58. The molecular formula is C13H21ClN2O3S. The van der Waals surface area contributed by atoms with Crippen LogP contribution in [0.3, 0.4) is 0 Å². The fraction of sp³-hybridized carbons (Fsp3) is 0.538. The molecule has 1 aromatic carbocycles. The Balaban J connectivity index is 2.79. The molecule has 0 amide bonds. The van der Waals surface area contributed by atoms with Crippen molar-refractivity contribution in [3.63, 3.8) is 0 Å². The van der Waals surface area contributed by atoms with Gasteiger partial charge in [0.1, 0.15) is 0 Å². The SMILES string of the molecule is CCCCN(C)S(=O)(=O)NC(CO)c1ccc(Cl)cc1. The van der Waals surface area contributed by atoms with Gasteiger partial charge in [0.15, 0.2) is 0 Å². The molecule has 1 aromatic rings. The molecule has 0 aliphatic carbocycles. The third-order valence-electron chi connectivity index (χ3n) is 2.98. The third kappa shape index (κ3) is 5.03. The zero-order chi connectivity index (χ0) is 15.2. The minimum absolute atomic E-state index is 0.317. The van der Waals surface area contributed by atoms with E-state index in [0.29, 0.717) is 17.1 Å². The summed E-state index contributed by atoms with van der Waals surface area (Å²) in [5, 5.41) is 9.95. The highest BCUT2D eigenvalue weighted by Gasteiger charge is 2.22. The van der Waals surface area contributed by atoms with E-state index in [4.69, 9.17) is 11.6 Å². The smallest absolute Gasteiger partial charge is 0.279 e. The largest absolute Gasteiger partial charge is 0.394 e. The number of halogens is 1. The van der Waals surface area contributed by atoms with E-state index < -0.39 is 16.3 Å². The van der Waals surface area contributed by atoms with Crippen molar-refractivity contribution in [3.8, 4) is 0 Å². The van der Waals surface area contributed by atoms with Crippen molar-refractivity contribution in [1.29, 1.82) is 0 Å². The highest BCUT2D eigenvalue weighted by atomic mass is 35.5. The second-order valence-corrected chi connectivity index (χ2v) is 6.83. The van der Waals surface area contributed by atoms with Crippen LogP contribution in [0.5, 0.6) is 0 Å². The highest BCUT2D eigenvalue weighted by molar-refractivity contribution is 7.87. The normalized spacial score (nSPS) is 13.7. The van der Waals surface area contributed by atoms with Crippen molar-refractivity contribution in [2.75, 3.05) is 20.2 Å². The van der Waals surface area contributed by atoms with Crippen LogP contribution < -0.4 is 4.72 Å². The molecule has 0 spiro atoms. The lowest BCUT2D eigenvalue weighted by molar-refractivity contribution is 0.256. The first-order chi connectivity index (χ1) is 9.40. The van der Waals surface area contributed by atoms with Crippen LogP contribution in [-0.2, 0) is 10.2 Å². The lowest BCUT2D eigenvalue weighted by Gasteiger charge is -2.22. The molecule has 1 unspecified atom stereocenters. The predicted octanol–water partition coefficient (Wildman–Crippen LogP) is 1.94. The second kappa shape index (κ2) is 7.95. The molecular weight excluding hydrogens is 300 g/mol. The summed E-state index contributed by atoms with van der Waals surface area (Å²) < 4.78 is 28.0. The number of hydrogen-bond donors (Lipinski definition) is 2. The Labute approximate surface area is 125 Å². The molecule has 20 heavy (non-hydrogen) atoms. The number of nitrogens with zero attached hydrogens (tertiary/aromatic N) is 1. The van der Waals surface area contributed by atoms with Crippen molar-refractivity contribution in [3.05, 3.63) is 34.9 Å². The zero-order valence-electron chi connectivity index (χ0n) is 11.7. The summed E-state index contributed by atoms with van der Waals surface area (Å²) in [6.45, 7) is 2.13. The van der Waals surface area contributed by atoms with Crippen molar-refractivity contribution >= 4 is 21.8 Å². The molecule has 0 aliphatic rings. The molecule has 0 fully saturated rings. The molecule has 0 aromatic heterocycles. The molecule has 1 rings (SSSR count). The molecule has 2 N–H and O–H groups in total. The van der Waals surface area contributed by atoms with E-state index in [2.05, 4.69) is 4.72 Å². The number of rotatable bonds is 8. The van der Waals surface area contributed by atoms with Crippen molar-refractivity contribution in [1.82, 2.24) is 9.03 Å². The molecule has 0 saturated carbocycles. The fourth-order valence-corrected chi connectivity index (χ4v) is 2.92. The minimum Gasteiger partial charge on any atom is -0.394 e. The summed E-state index contributed by atoms with van der Waals surface area (Å²) in [7, 11) is -2.09. The summed E-state index contributed by atoms with van der Waals surface area (Å²) in [6.07, 6.45) is 1.71. The molecule has 1 atom stereocenters. The number of benzene rings is 1. The van der Waals surface area contributed by atoms with Crippen LogP contribution in [0.4, 0.5) is 0 Å². The maximum Gasteiger partial charge on any atom is 0.279 e. The minimum atomic E-state index is -3.61. The van der Waals surface area contributed by atoms with Gasteiger partial charge in [-0.2, -0.15) is 17.4 Å². The number of nitrogens with one attached hydrogen (secondary N) is 1. The van der Waals surface area contributed by atoms with Crippen molar-refractivity contribution < 1.29 is 13.5 Å². The van der Waals surface area contributed by atoms with E-state index in [9.17, 15) is 13.5 Å². The molecule has 7 heteroatoms. The molecule has 114 valence electrons. The van der Waals surface area contributed by atoms with Crippen LogP contribution >= 0.6 is 11.6 Å². The quantitative estimate of drug-likeness (QED) is 0.769. The van der Waals surface area contributed by atoms with Crippen LogP contribution in [0.15, 0.2) is 24.3 Å². The molecule has 0 heterocycles. The van der Waals surface area contributed by atoms with E-state index in [1.165, 1.54) is 11.4 Å². The Hall–Kier alpha value is -0.660. The van der Waals surface area contributed by atoms with Crippen molar-refractivity contribution in [2.45, 2.75) is 25.8 Å².